The summed E-state index contributed by atoms with van der Waals surface area (Å²) in [4.78, 5) is 21.3. The lowest BCUT2D eigenvalue weighted by Gasteiger charge is -2.15. The third kappa shape index (κ3) is 10.5. The maximum Gasteiger partial charge on any atom is 0.303 e. The molecule has 0 spiro atoms. The molecule has 2 atom stereocenters. The summed E-state index contributed by atoms with van der Waals surface area (Å²) in [6, 6.07) is 10.6. The topological polar surface area (TPSA) is 131 Å². The first kappa shape index (κ1) is 36.3. The first-order valence-electron chi connectivity index (χ1n) is 16.6. The van der Waals surface area contributed by atoms with E-state index < -0.39 is 21.2 Å². The van der Waals surface area contributed by atoms with Crippen molar-refractivity contribution in [2.45, 2.75) is 106 Å². The van der Waals surface area contributed by atoms with E-state index in [0.29, 0.717) is 28.8 Å². The summed E-state index contributed by atoms with van der Waals surface area (Å²) in [7, 11) is 0. The fraction of sp³-hybridized carbons (Fsp3) is 0.514. The van der Waals surface area contributed by atoms with Crippen LogP contribution in [0.25, 0.3) is 10.8 Å². The molecule has 0 heterocycles. The van der Waals surface area contributed by atoms with E-state index in [1.54, 1.807) is 0 Å². The van der Waals surface area contributed by atoms with E-state index in [-0.39, 0.29) is 11.4 Å². The Morgan fingerprint density at radius 1 is 0.848 bits per heavy atom. The summed E-state index contributed by atoms with van der Waals surface area (Å²) in [5.74, 6) is 2.51. The van der Waals surface area contributed by atoms with E-state index in [9.17, 15) is 25.3 Å². The van der Waals surface area contributed by atoms with Crippen LogP contribution in [0, 0.1) is 44.9 Å². The van der Waals surface area contributed by atoms with Crippen LogP contribution in [0.5, 0.6) is 5.75 Å². The van der Waals surface area contributed by atoms with Crippen LogP contribution in [0.4, 0.5) is 22.7 Å². The zero-order chi connectivity index (χ0) is 33.8. The smallest absolute Gasteiger partial charge is 0.303 e. The van der Waals surface area contributed by atoms with Crippen molar-refractivity contribution in [1.82, 2.24) is 0 Å². The predicted molar refractivity (Wildman–Crippen MR) is 186 cm³/mol. The molecule has 0 fully saturated rings. The minimum atomic E-state index is -0.709. The number of aromatic hydroxyl groups is 1. The second-order valence-electron chi connectivity index (χ2n) is 13.3. The van der Waals surface area contributed by atoms with E-state index in [1.807, 2.05) is 31.2 Å². The van der Waals surface area contributed by atoms with Crippen LogP contribution in [0.3, 0.4) is 0 Å². The number of azo groups is 1. The Balaban J connectivity index is 1.68. The predicted octanol–water partition coefficient (Wildman–Crippen LogP) is 12.0. The number of nitrogens with zero attached hydrogens (tertiary/aromatic N) is 4. The van der Waals surface area contributed by atoms with Crippen LogP contribution in [0.15, 0.2) is 64.3 Å². The highest BCUT2D eigenvalue weighted by atomic mass is 16.6. The zero-order valence-corrected chi connectivity index (χ0v) is 28.3. The number of nitro groups is 2. The average Bonchev–Trinajstić information content (AvgIpc) is 3.00. The molecule has 3 rings (SSSR count). The standard InChI is InChI=1S/C37H50N4O5/c1-25(2)12-9-13-26(3)14-10-15-27(4)16-11-17-28(5)20-22-31-29(6)36(32-18-7-8-19-33(32)37(31)42)39-38-34-23-21-30(40(43)44)24-35(34)41(45)46/h7-8,18-21,23-27,42H,9-17,22H2,1-6H3/b28-20+,39-38+. The summed E-state index contributed by atoms with van der Waals surface area (Å²) in [6.45, 7) is 13.3. The lowest BCUT2D eigenvalue weighted by atomic mass is 9.91. The highest BCUT2D eigenvalue weighted by Crippen LogP contribution is 2.42. The minimum absolute atomic E-state index is 0.0881. The Morgan fingerprint density at radius 2 is 1.46 bits per heavy atom. The van der Waals surface area contributed by atoms with Gasteiger partial charge in [-0.1, -0.05) is 109 Å². The maximum absolute atomic E-state index is 11.6. The normalized spacial score (nSPS) is 13.5. The van der Waals surface area contributed by atoms with Crippen molar-refractivity contribution in [2.24, 2.45) is 28.0 Å². The first-order valence-corrected chi connectivity index (χ1v) is 16.6. The van der Waals surface area contributed by atoms with Crippen molar-refractivity contribution >= 4 is 33.5 Å². The first-order chi connectivity index (χ1) is 21.9. The zero-order valence-electron chi connectivity index (χ0n) is 28.3. The third-order valence-electron chi connectivity index (χ3n) is 8.95. The van der Waals surface area contributed by atoms with Crippen LogP contribution < -0.4 is 0 Å². The molecule has 0 aromatic heterocycles. The van der Waals surface area contributed by atoms with Gasteiger partial charge in [-0.25, -0.2) is 0 Å². The van der Waals surface area contributed by atoms with Gasteiger partial charge in [0.1, 0.15) is 5.75 Å². The molecule has 0 aliphatic heterocycles. The molecule has 9 heteroatoms. The second-order valence-corrected chi connectivity index (χ2v) is 13.3. The highest BCUT2D eigenvalue weighted by Gasteiger charge is 2.21. The van der Waals surface area contributed by atoms with Gasteiger partial charge in [-0.15, -0.1) is 10.2 Å². The molecule has 0 saturated carbocycles. The van der Waals surface area contributed by atoms with Gasteiger partial charge >= 0.3 is 5.69 Å². The minimum Gasteiger partial charge on any atom is -0.507 e. The van der Waals surface area contributed by atoms with E-state index in [2.05, 4.69) is 50.9 Å². The molecule has 3 aromatic carbocycles. The number of allylic oxidation sites excluding steroid dienone is 2. The number of phenols is 1. The van der Waals surface area contributed by atoms with Gasteiger partial charge in [0, 0.05) is 22.4 Å². The fourth-order valence-electron chi connectivity index (χ4n) is 6.01. The Kier molecular flexibility index (Phi) is 13.8. The molecule has 0 radical (unpaired) electrons. The molecule has 0 amide bonds. The lowest BCUT2D eigenvalue weighted by molar-refractivity contribution is -0.393. The molecule has 248 valence electrons. The molecule has 0 aliphatic rings. The van der Waals surface area contributed by atoms with E-state index >= 15 is 0 Å². The molecule has 0 aliphatic carbocycles. The van der Waals surface area contributed by atoms with Crippen LogP contribution in [0.1, 0.15) is 104 Å². The Labute approximate surface area is 273 Å². The van der Waals surface area contributed by atoms with Crippen LogP contribution in [0.2, 0.25) is 0 Å². The van der Waals surface area contributed by atoms with Crippen molar-refractivity contribution in [3.8, 4) is 5.75 Å². The van der Waals surface area contributed by atoms with Gasteiger partial charge in [-0.2, -0.15) is 0 Å². The van der Waals surface area contributed by atoms with Crippen LogP contribution >= 0.6 is 0 Å². The lowest BCUT2D eigenvalue weighted by Crippen LogP contribution is -2.00. The Morgan fingerprint density at radius 3 is 2.07 bits per heavy atom. The van der Waals surface area contributed by atoms with Gasteiger partial charge in [-0.05, 0) is 62.5 Å². The number of benzene rings is 3. The van der Waals surface area contributed by atoms with Gasteiger partial charge in [-0.3, -0.25) is 20.2 Å². The molecular formula is C37H50N4O5. The number of hydrogen-bond acceptors (Lipinski definition) is 7. The van der Waals surface area contributed by atoms with Crippen molar-refractivity contribution in [1.29, 1.82) is 0 Å². The summed E-state index contributed by atoms with van der Waals surface area (Å²) in [5.41, 5.74) is 2.22. The molecule has 9 nitrogen and oxygen atoms in total. The average molecular weight is 631 g/mol. The van der Waals surface area contributed by atoms with Gasteiger partial charge in [0.15, 0.2) is 5.69 Å². The van der Waals surface area contributed by atoms with E-state index in [1.165, 1.54) is 62.7 Å². The largest absolute Gasteiger partial charge is 0.507 e. The highest BCUT2D eigenvalue weighted by molar-refractivity contribution is 5.99. The van der Waals surface area contributed by atoms with Crippen molar-refractivity contribution in [3.63, 3.8) is 0 Å². The quantitative estimate of drug-likeness (QED) is 0.0646. The molecule has 0 bridgehead atoms. The van der Waals surface area contributed by atoms with E-state index in [4.69, 9.17) is 0 Å². The summed E-state index contributed by atoms with van der Waals surface area (Å²) >= 11 is 0. The SMILES string of the molecule is C/C(=C\Cc1c(C)c(/N=N/c2ccc([N+](=O)[O-])cc2[N+](=O)[O-])c2ccccc2c1O)CCCC(C)CCCC(C)CCCC(C)C. The van der Waals surface area contributed by atoms with Gasteiger partial charge in [0.25, 0.3) is 5.69 Å². The number of rotatable bonds is 18. The summed E-state index contributed by atoms with van der Waals surface area (Å²) < 4.78 is 0. The Hall–Kier alpha value is -4.14. The second kappa shape index (κ2) is 17.5. The van der Waals surface area contributed by atoms with Gasteiger partial charge in [0.2, 0.25) is 0 Å². The fourth-order valence-corrected chi connectivity index (χ4v) is 6.01. The van der Waals surface area contributed by atoms with E-state index in [0.717, 1.165) is 41.9 Å². The van der Waals surface area contributed by atoms with Crippen molar-refractivity contribution in [2.75, 3.05) is 0 Å². The molecule has 46 heavy (non-hydrogen) atoms. The Bertz CT molecular complexity index is 1560. The monoisotopic (exact) mass is 630 g/mol. The van der Waals surface area contributed by atoms with Crippen molar-refractivity contribution in [3.05, 3.63) is 85.5 Å². The molecule has 1 N–H and O–H groups in total. The van der Waals surface area contributed by atoms with Gasteiger partial charge < -0.3 is 5.11 Å². The molecule has 2 unspecified atom stereocenters. The number of nitro benzene ring substituents is 2. The molecule has 3 aromatic rings. The van der Waals surface area contributed by atoms with Crippen LogP contribution in [-0.4, -0.2) is 15.0 Å². The molecule has 0 saturated heterocycles. The summed E-state index contributed by atoms with van der Waals surface area (Å²) in [5, 5.41) is 43.8. The summed E-state index contributed by atoms with van der Waals surface area (Å²) in [6.07, 6.45) is 13.9. The van der Waals surface area contributed by atoms with Crippen LogP contribution in [-0.2, 0) is 6.42 Å². The van der Waals surface area contributed by atoms with Gasteiger partial charge in [0.05, 0.1) is 21.6 Å². The maximum atomic E-state index is 11.6. The molecular weight excluding hydrogens is 580 g/mol. The number of non-ortho nitro benzene ring substituents is 1. The number of phenolic OH excluding ortho intramolecular Hbond substituents is 1. The number of hydrogen-bond donors (Lipinski definition) is 1. The number of fused-ring (bicyclic) bond motifs is 1. The van der Waals surface area contributed by atoms with Crippen molar-refractivity contribution < 1.29 is 15.0 Å². The third-order valence-corrected chi connectivity index (χ3v) is 8.95.